The third-order valence-corrected chi connectivity index (χ3v) is 4.55. The fourth-order valence-electron chi connectivity index (χ4n) is 2.76. The topological polar surface area (TPSA) is 26.7 Å². The van der Waals surface area contributed by atoms with E-state index in [0.29, 0.717) is 6.04 Å². The summed E-state index contributed by atoms with van der Waals surface area (Å²) in [6, 6.07) is 6.73. The maximum atomic E-state index is 9.96. The van der Waals surface area contributed by atoms with Crippen LogP contribution in [0.5, 0.6) is 0 Å². The molecule has 0 bridgehead atoms. The molecule has 1 aliphatic rings. The second-order valence-corrected chi connectivity index (χ2v) is 6.44. The molecule has 106 valence electrons. The zero-order chi connectivity index (χ0) is 14.0. The fraction of sp³-hybridized carbons (Fsp3) is 0.600. The number of benzene rings is 1. The molecule has 0 radical (unpaired) electrons. The summed E-state index contributed by atoms with van der Waals surface area (Å²) in [5.74, 6) is 0. The predicted molar refractivity (Wildman–Crippen MR) is 83.7 cm³/mol. The summed E-state index contributed by atoms with van der Waals surface area (Å²) >= 11 is 3.48. The van der Waals surface area contributed by atoms with Crippen LogP contribution in [0.15, 0.2) is 22.7 Å². The molecule has 0 aliphatic carbocycles. The van der Waals surface area contributed by atoms with Gasteiger partial charge >= 0.3 is 0 Å². The highest BCUT2D eigenvalue weighted by Gasteiger charge is 2.23. The Bertz CT molecular complexity index is 428. The molecule has 1 N–H and O–H groups in total. The number of hydrogen-bond acceptors (Lipinski definition) is 3. The molecule has 2 rings (SSSR count). The third-order valence-electron chi connectivity index (χ3n) is 4.06. The first kappa shape index (κ1) is 14.8. The maximum absolute atomic E-state index is 9.96. The van der Waals surface area contributed by atoms with Gasteiger partial charge in [0.1, 0.15) is 0 Å². The Labute approximate surface area is 124 Å². The normalized spacial score (nSPS) is 19.4. The van der Waals surface area contributed by atoms with E-state index in [1.807, 2.05) is 19.1 Å². The van der Waals surface area contributed by atoms with Gasteiger partial charge < -0.3 is 14.9 Å². The van der Waals surface area contributed by atoms with Crippen molar-refractivity contribution in [1.29, 1.82) is 0 Å². The van der Waals surface area contributed by atoms with Crippen molar-refractivity contribution in [2.45, 2.75) is 31.9 Å². The van der Waals surface area contributed by atoms with Gasteiger partial charge in [-0.25, -0.2) is 0 Å². The second-order valence-electron chi connectivity index (χ2n) is 5.52. The number of halogens is 1. The van der Waals surface area contributed by atoms with E-state index in [-0.39, 0.29) is 0 Å². The zero-order valence-electron chi connectivity index (χ0n) is 11.9. The summed E-state index contributed by atoms with van der Waals surface area (Å²) in [7, 11) is 4.32. The van der Waals surface area contributed by atoms with Crippen LogP contribution in [0.2, 0.25) is 0 Å². The lowest BCUT2D eigenvalue weighted by atomic mass is 10.0. The Morgan fingerprint density at radius 3 is 2.58 bits per heavy atom. The lowest BCUT2D eigenvalue weighted by Gasteiger charge is -2.37. The summed E-state index contributed by atoms with van der Waals surface area (Å²) < 4.78 is 1.02. The van der Waals surface area contributed by atoms with E-state index in [2.05, 4.69) is 45.9 Å². The molecule has 0 amide bonds. The van der Waals surface area contributed by atoms with E-state index in [1.54, 1.807) is 0 Å². The van der Waals surface area contributed by atoms with Crippen LogP contribution in [-0.4, -0.2) is 43.2 Å². The summed E-state index contributed by atoms with van der Waals surface area (Å²) in [4.78, 5) is 4.71. The van der Waals surface area contributed by atoms with Crippen LogP contribution in [0.25, 0.3) is 0 Å². The van der Waals surface area contributed by atoms with Gasteiger partial charge in [-0.1, -0.05) is 15.9 Å². The summed E-state index contributed by atoms with van der Waals surface area (Å²) in [6.45, 7) is 4.12. The number of aliphatic hydroxyl groups excluding tert-OH is 1. The highest BCUT2D eigenvalue weighted by atomic mass is 79.9. The van der Waals surface area contributed by atoms with Crippen molar-refractivity contribution in [3.8, 4) is 0 Å². The van der Waals surface area contributed by atoms with Gasteiger partial charge in [0.2, 0.25) is 0 Å². The van der Waals surface area contributed by atoms with E-state index < -0.39 is 6.10 Å². The van der Waals surface area contributed by atoms with E-state index in [1.165, 1.54) is 12.8 Å². The molecule has 1 aromatic carbocycles. The lowest BCUT2D eigenvalue weighted by Crippen LogP contribution is -2.42. The number of nitrogens with zero attached hydrogens (tertiary/aromatic N) is 2. The van der Waals surface area contributed by atoms with Crippen LogP contribution >= 0.6 is 15.9 Å². The van der Waals surface area contributed by atoms with Gasteiger partial charge in [-0.05, 0) is 58.1 Å². The van der Waals surface area contributed by atoms with E-state index in [4.69, 9.17) is 0 Å². The maximum Gasteiger partial charge on any atom is 0.0782 e. The Morgan fingerprint density at radius 1 is 1.37 bits per heavy atom. The Balaban J connectivity index is 2.21. The summed E-state index contributed by atoms with van der Waals surface area (Å²) in [6.07, 6.45) is 1.92. The molecule has 1 fully saturated rings. The predicted octanol–water partition coefficient (Wildman–Crippen LogP) is 3.03. The van der Waals surface area contributed by atoms with Crippen molar-refractivity contribution in [1.82, 2.24) is 4.90 Å². The Kier molecular flexibility index (Phi) is 4.87. The molecular formula is C15H23BrN2O. The van der Waals surface area contributed by atoms with Crippen molar-refractivity contribution in [2.75, 3.05) is 32.1 Å². The van der Waals surface area contributed by atoms with Gasteiger partial charge in [0, 0.05) is 28.8 Å². The van der Waals surface area contributed by atoms with Crippen LogP contribution in [0.3, 0.4) is 0 Å². The van der Waals surface area contributed by atoms with Crippen molar-refractivity contribution < 1.29 is 5.11 Å². The number of likely N-dealkylation sites (tertiary alicyclic amines) is 1. The molecule has 0 spiro atoms. The van der Waals surface area contributed by atoms with Gasteiger partial charge in [-0.15, -0.1) is 0 Å². The minimum Gasteiger partial charge on any atom is -0.389 e. The SMILES string of the molecule is CC(O)c1cc(Br)ccc1N(C)C1CCN(C)CC1. The fourth-order valence-corrected chi connectivity index (χ4v) is 3.14. The monoisotopic (exact) mass is 326 g/mol. The molecule has 3 nitrogen and oxygen atoms in total. The van der Waals surface area contributed by atoms with Gasteiger partial charge in [0.15, 0.2) is 0 Å². The van der Waals surface area contributed by atoms with Crippen LogP contribution in [-0.2, 0) is 0 Å². The molecule has 0 aromatic heterocycles. The number of rotatable bonds is 3. The number of aliphatic hydroxyl groups is 1. The van der Waals surface area contributed by atoms with Crippen LogP contribution in [0.1, 0.15) is 31.4 Å². The highest BCUT2D eigenvalue weighted by Crippen LogP contribution is 2.31. The minimum absolute atomic E-state index is 0.443. The Hall–Kier alpha value is -0.580. The van der Waals surface area contributed by atoms with Gasteiger partial charge in [0.25, 0.3) is 0 Å². The lowest BCUT2D eigenvalue weighted by molar-refractivity contribution is 0.199. The van der Waals surface area contributed by atoms with Crippen molar-refractivity contribution in [3.63, 3.8) is 0 Å². The standard InChI is InChI=1S/C15H23BrN2O/c1-11(19)14-10-12(16)4-5-15(14)18(3)13-6-8-17(2)9-7-13/h4-5,10-11,13,19H,6-9H2,1-3H3. The van der Waals surface area contributed by atoms with Gasteiger partial charge in [-0.3, -0.25) is 0 Å². The first-order valence-corrected chi connectivity index (χ1v) is 7.67. The van der Waals surface area contributed by atoms with Gasteiger partial charge in [0.05, 0.1) is 6.10 Å². The quantitative estimate of drug-likeness (QED) is 0.924. The molecule has 19 heavy (non-hydrogen) atoms. The average molecular weight is 327 g/mol. The molecule has 1 aromatic rings. The third kappa shape index (κ3) is 3.50. The van der Waals surface area contributed by atoms with E-state index in [9.17, 15) is 5.11 Å². The van der Waals surface area contributed by atoms with Crippen molar-refractivity contribution in [2.24, 2.45) is 0 Å². The van der Waals surface area contributed by atoms with Crippen LogP contribution in [0, 0.1) is 0 Å². The minimum atomic E-state index is -0.443. The molecule has 1 aliphatic heterocycles. The summed E-state index contributed by atoms with van der Waals surface area (Å²) in [5, 5.41) is 9.96. The highest BCUT2D eigenvalue weighted by molar-refractivity contribution is 9.10. The van der Waals surface area contributed by atoms with E-state index in [0.717, 1.165) is 28.8 Å². The number of piperidine rings is 1. The zero-order valence-corrected chi connectivity index (χ0v) is 13.5. The smallest absolute Gasteiger partial charge is 0.0782 e. The van der Waals surface area contributed by atoms with Crippen LogP contribution < -0.4 is 4.90 Å². The Morgan fingerprint density at radius 2 is 2.00 bits per heavy atom. The molecule has 4 heteroatoms. The number of hydrogen-bond donors (Lipinski definition) is 1. The molecule has 1 atom stereocenters. The molecular weight excluding hydrogens is 304 g/mol. The molecule has 0 saturated carbocycles. The number of anilines is 1. The first-order valence-electron chi connectivity index (χ1n) is 6.88. The van der Waals surface area contributed by atoms with Crippen LogP contribution in [0.4, 0.5) is 5.69 Å². The largest absolute Gasteiger partial charge is 0.389 e. The van der Waals surface area contributed by atoms with Gasteiger partial charge in [-0.2, -0.15) is 0 Å². The van der Waals surface area contributed by atoms with E-state index >= 15 is 0 Å². The van der Waals surface area contributed by atoms with Crippen molar-refractivity contribution >= 4 is 21.6 Å². The molecule has 1 heterocycles. The summed E-state index contributed by atoms with van der Waals surface area (Å²) in [5.41, 5.74) is 2.14. The first-order chi connectivity index (χ1) is 8.99. The van der Waals surface area contributed by atoms with Crippen molar-refractivity contribution in [3.05, 3.63) is 28.2 Å². The second kappa shape index (κ2) is 6.25. The average Bonchev–Trinajstić information content (AvgIpc) is 2.38. The molecule has 1 saturated heterocycles. The molecule has 1 unspecified atom stereocenters.